The Morgan fingerprint density at radius 2 is 2.04 bits per heavy atom. The second-order valence-corrected chi connectivity index (χ2v) is 5.76. The van der Waals surface area contributed by atoms with E-state index < -0.39 is 0 Å². The molecule has 1 aliphatic rings. The zero-order valence-corrected chi connectivity index (χ0v) is 13.6. The number of hydrogen-bond donors (Lipinski definition) is 2. The van der Waals surface area contributed by atoms with E-state index in [1.54, 1.807) is 24.3 Å². The lowest BCUT2D eigenvalue weighted by atomic mass is 10.1. The van der Waals surface area contributed by atoms with Gasteiger partial charge in [0.25, 0.3) is 5.91 Å². The number of nitrogens with one attached hydrogen (secondary N) is 2. The van der Waals surface area contributed by atoms with Crippen LogP contribution in [0.25, 0.3) is 0 Å². The Morgan fingerprint density at radius 3 is 2.83 bits per heavy atom. The topological polar surface area (TPSA) is 70.7 Å². The lowest BCUT2D eigenvalue weighted by Gasteiger charge is -2.14. The fourth-order valence-corrected chi connectivity index (χ4v) is 2.43. The molecular formula is C18H19N3O3. The smallest absolute Gasteiger partial charge is 0.255 e. The molecule has 6 heteroatoms. The van der Waals surface area contributed by atoms with Crippen LogP contribution in [-0.2, 0) is 4.79 Å². The van der Waals surface area contributed by atoms with E-state index in [2.05, 4.69) is 10.6 Å². The van der Waals surface area contributed by atoms with Gasteiger partial charge in [-0.05, 0) is 36.4 Å². The molecule has 2 aromatic rings. The Balaban J connectivity index is 1.80. The van der Waals surface area contributed by atoms with Crippen molar-refractivity contribution in [3.05, 3.63) is 48.0 Å². The van der Waals surface area contributed by atoms with E-state index in [1.165, 1.54) is 0 Å². The first kappa shape index (κ1) is 15.9. The van der Waals surface area contributed by atoms with Crippen LogP contribution in [0.2, 0.25) is 0 Å². The minimum Gasteiger partial charge on any atom is -0.491 e. The number of carbonyl (C=O) groups excluding carboxylic acids is 2. The third-order valence-electron chi connectivity index (χ3n) is 3.72. The fraction of sp³-hybridized carbons (Fsp3) is 0.222. The van der Waals surface area contributed by atoms with Crippen molar-refractivity contribution in [3.8, 4) is 5.75 Å². The van der Waals surface area contributed by atoms with Gasteiger partial charge in [-0.15, -0.1) is 0 Å². The van der Waals surface area contributed by atoms with E-state index in [4.69, 9.17) is 4.74 Å². The Morgan fingerprint density at radius 1 is 1.21 bits per heavy atom. The Hall–Kier alpha value is -3.02. The van der Waals surface area contributed by atoms with E-state index in [0.29, 0.717) is 35.7 Å². The molecule has 0 radical (unpaired) electrons. The van der Waals surface area contributed by atoms with Gasteiger partial charge in [-0.25, -0.2) is 0 Å². The van der Waals surface area contributed by atoms with Crippen LogP contribution in [0.4, 0.5) is 17.1 Å². The maximum atomic E-state index is 12.4. The molecule has 24 heavy (non-hydrogen) atoms. The first-order valence-corrected chi connectivity index (χ1v) is 7.68. The van der Waals surface area contributed by atoms with Crippen molar-refractivity contribution in [1.82, 2.24) is 0 Å². The molecule has 124 valence electrons. The van der Waals surface area contributed by atoms with E-state index in [1.807, 2.05) is 37.2 Å². The summed E-state index contributed by atoms with van der Waals surface area (Å²) < 4.78 is 5.50. The molecule has 1 heterocycles. The zero-order valence-electron chi connectivity index (χ0n) is 13.6. The van der Waals surface area contributed by atoms with Gasteiger partial charge < -0.3 is 20.3 Å². The monoisotopic (exact) mass is 325 g/mol. The van der Waals surface area contributed by atoms with Crippen molar-refractivity contribution in [2.75, 3.05) is 36.2 Å². The van der Waals surface area contributed by atoms with Gasteiger partial charge in [-0.2, -0.15) is 0 Å². The summed E-state index contributed by atoms with van der Waals surface area (Å²) in [5.74, 6) is 0.295. The maximum Gasteiger partial charge on any atom is 0.255 e. The lowest BCUT2D eigenvalue weighted by Crippen LogP contribution is -2.14. The number of nitrogens with zero attached hydrogens (tertiary/aromatic N) is 1. The van der Waals surface area contributed by atoms with Crippen molar-refractivity contribution < 1.29 is 14.3 Å². The van der Waals surface area contributed by atoms with Crippen LogP contribution < -0.4 is 20.3 Å². The highest BCUT2D eigenvalue weighted by Gasteiger charge is 2.15. The number of carbonyl (C=O) groups is 2. The molecule has 1 aliphatic heterocycles. The average molecular weight is 325 g/mol. The molecule has 0 spiro atoms. The van der Waals surface area contributed by atoms with Gasteiger partial charge in [0.15, 0.2) is 0 Å². The molecule has 3 rings (SSSR count). The van der Waals surface area contributed by atoms with Crippen LogP contribution in [0.5, 0.6) is 5.75 Å². The van der Waals surface area contributed by atoms with Gasteiger partial charge in [-0.1, -0.05) is 6.07 Å². The molecule has 6 nitrogen and oxygen atoms in total. The van der Waals surface area contributed by atoms with E-state index >= 15 is 0 Å². The van der Waals surface area contributed by atoms with Gasteiger partial charge in [0.1, 0.15) is 5.75 Å². The van der Waals surface area contributed by atoms with Crippen molar-refractivity contribution in [2.24, 2.45) is 0 Å². The standard InChI is InChI=1S/C18H19N3O3/c1-21(2)14-5-3-4-12(10-14)18(23)19-13-6-7-16-15(11-13)20-17(22)8-9-24-16/h3-7,10-11H,8-9H2,1-2H3,(H,19,23)(H,20,22). The van der Waals surface area contributed by atoms with E-state index in [9.17, 15) is 9.59 Å². The molecular weight excluding hydrogens is 306 g/mol. The van der Waals surface area contributed by atoms with Gasteiger partial charge in [-0.3, -0.25) is 9.59 Å². The molecule has 0 unspecified atom stereocenters. The van der Waals surface area contributed by atoms with Crippen LogP contribution in [0.1, 0.15) is 16.8 Å². The van der Waals surface area contributed by atoms with E-state index in [-0.39, 0.29) is 11.8 Å². The van der Waals surface area contributed by atoms with Gasteiger partial charge >= 0.3 is 0 Å². The summed E-state index contributed by atoms with van der Waals surface area (Å²) in [5, 5.41) is 5.62. The largest absolute Gasteiger partial charge is 0.491 e. The SMILES string of the molecule is CN(C)c1cccc(C(=O)Nc2ccc3c(c2)NC(=O)CCO3)c1. The Kier molecular flexibility index (Phi) is 4.37. The Labute approximate surface area is 140 Å². The minimum absolute atomic E-state index is 0.101. The third-order valence-corrected chi connectivity index (χ3v) is 3.72. The number of ether oxygens (including phenoxy) is 1. The molecule has 0 saturated carbocycles. The number of rotatable bonds is 3. The summed E-state index contributed by atoms with van der Waals surface area (Å²) >= 11 is 0. The summed E-state index contributed by atoms with van der Waals surface area (Å²) in [4.78, 5) is 26.0. The fourth-order valence-electron chi connectivity index (χ4n) is 2.43. The van der Waals surface area contributed by atoms with Crippen LogP contribution >= 0.6 is 0 Å². The highest BCUT2D eigenvalue weighted by molar-refractivity contribution is 6.05. The molecule has 2 N–H and O–H groups in total. The van der Waals surface area contributed by atoms with Crippen molar-refractivity contribution in [2.45, 2.75) is 6.42 Å². The predicted molar refractivity (Wildman–Crippen MR) is 93.9 cm³/mol. The molecule has 0 atom stereocenters. The van der Waals surface area contributed by atoms with Crippen LogP contribution in [0.15, 0.2) is 42.5 Å². The Bertz CT molecular complexity index is 787. The molecule has 2 amide bonds. The van der Waals surface area contributed by atoms with Crippen molar-refractivity contribution >= 4 is 28.9 Å². The van der Waals surface area contributed by atoms with Crippen LogP contribution in [0, 0.1) is 0 Å². The van der Waals surface area contributed by atoms with Crippen LogP contribution in [0.3, 0.4) is 0 Å². The normalized spacial score (nSPS) is 13.2. The molecule has 0 fully saturated rings. The summed E-state index contributed by atoms with van der Waals surface area (Å²) in [6.07, 6.45) is 0.313. The lowest BCUT2D eigenvalue weighted by molar-refractivity contribution is -0.116. The highest BCUT2D eigenvalue weighted by Crippen LogP contribution is 2.30. The second-order valence-electron chi connectivity index (χ2n) is 5.76. The molecule has 0 aromatic heterocycles. The van der Waals surface area contributed by atoms with Gasteiger partial charge in [0.2, 0.25) is 5.91 Å². The minimum atomic E-state index is -0.209. The van der Waals surface area contributed by atoms with E-state index in [0.717, 1.165) is 5.69 Å². The molecule has 0 bridgehead atoms. The van der Waals surface area contributed by atoms with Gasteiger partial charge in [0.05, 0.1) is 18.7 Å². The number of anilines is 3. The summed E-state index contributed by atoms with van der Waals surface area (Å²) in [6.45, 7) is 0.349. The number of hydrogen-bond acceptors (Lipinski definition) is 4. The quantitative estimate of drug-likeness (QED) is 0.910. The third kappa shape index (κ3) is 3.48. The predicted octanol–water partition coefficient (Wildman–Crippen LogP) is 2.73. The first-order valence-electron chi connectivity index (χ1n) is 7.68. The van der Waals surface area contributed by atoms with Crippen molar-refractivity contribution in [3.63, 3.8) is 0 Å². The first-order chi connectivity index (χ1) is 11.5. The molecule has 2 aromatic carbocycles. The molecule has 0 aliphatic carbocycles. The number of benzene rings is 2. The maximum absolute atomic E-state index is 12.4. The molecule has 0 saturated heterocycles. The highest BCUT2D eigenvalue weighted by atomic mass is 16.5. The van der Waals surface area contributed by atoms with Crippen LogP contribution in [-0.4, -0.2) is 32.5 Å². The number of fused-ring (bicyclic) bond motifs is 1. The number of amides is 2. The summed E-state index contributed by atoms with van der Waals surface area (Å²) in [5.41, 5.74) is 2.68. The van der Waals surface area contributed by atoms with Gasteiger partial charge in [0, 0.05) is 31.0 Å². The summed E-state index contributed by atoms with van der Waals surface area (Å²) in [7, 11) is 3.85. The second kappa shape index (κ2) is 6.62. The van der Waals surface area contributed by atoms with Crippen molar-refractivity contribution in [1.29, 1.82) is 0 Å². The summed E-state index contributed by atoms with van der Waals surface area (Å²) in [6, 6.07) is 12.6. The zero-order chi connectivity index (χ0) is 17.1. The average Bonchev–Trinajstić information content (AvgIpc) is 2.75.